The summed E-state index contributed by atoms with van der Waals surface area (Å²) < 4.78 is 6.03. The first-order valence-corrected chi connectivity index (χ1v) is 6.90. The van der Waals surface area contributed by atoms with Gasteiger partial charge in [0.25, 0.3) is 0 Å². The van der Waals surface area contributed by atoms with Gasteiger partial charge in [-0.05, 0) is 30.8 Å². The predicted molar refractivity (Wildman–Crippen MR) is 80.6 cm³/mol. The molecule has 0 fully saturated rings. The van der Waals surface area contributed by atoms with E-state index in [4.69, 9.17) is 4.42 Å². The molecule has 0 saturated heterocycles. The second kappa shape index (κ2) is 6.19. The van der Waals surface area contributed by atoms with E-state index in [-0.39, 0.29) is 18.1 Å². The number of nitrogens with zero attached hydrogens (tertiary/aromatic N) is 1. The first-order chi connectivity index (χ1) is 9.49. The lowest BCUT2D eigenvalue weighted by molar-refractivity contribution is -0.121. The minimum Gasteiger partial charge on any atom is -0.423 e. The minimum atomic E-state index is -0.390. The fourth-order valence-corrected chi connectivity index (χ4v) is 2.35. The Hall–Kier alpha value is -1.66. The van der Waals surface area contributed by atoms with Gasteiger partial charge >= 0.3 is 5.63 Å². The summed E-state index contributed by atoms with van der Waals surface area (Å²) in [6.45, 7) is 0.770. The Kier molecular flexibility index (Phi) is 4.57. The van der Waals surface area contributed by atoms with Crippen LogP contribution in [0.3, 0.4) is 0 Å². The summed E-state index contributed by atoms with van der Waals surface area (Å²) in [4.78, 5) is 24.8. The number of carbonyl (C=O) groups excluding carboxylic acids is 1. The van der Waals surface area contributed by atoms with Gasteiger partial charge in [-0.25, -0.2) is 4.79 Å². The molecule has 1 amide bonds. The number of hydrogen-bond donors (Lipinski definition) is 1. The smallest absolute Gasteiger partial charge is 0.336 e. The maximum atomic E-state index is 11.6. The van der Waals surface area contributed by atoms with Gasteiger partial charge in [0.15, 0.2) is 0 Å². The summed E-state index contributed by atoms with van der Waals surface area (Å²) in [6.07, 6.45) is 0. The summed E-state index contributed by atoms with van der Waals surface area (Å²) in [5.74, 6) is -0.0671. The zero-order valence-corrected chi connectivity index (χ0v) is 12.9. The summed E-state index contributed by atoms with van der Waals surface area (Å²) >= 11 is 3.35. The summed E-state index contributed by atoms with van der Waals surface area (Å²) in [7, 11) is 3.43. The van der Waals surface area contributed by atoms with E-state index < -0.39 is 0 Å². The molecule has 1 heterocycles. The molecule has 1 aromatic heterocycles. The first-order valence-electron chi connectivity index (χ1n) is 6.11. The molecule has 0 aliphatic carbocycles. The fourth-order valence-electron chi connectivity index (χ4n) is 2.01. The van der Waals surface area contributed by atoms with Crippen molar-refractivity contribution in [3.05, 3.63) is 44.7 Å². The molecule has 0 saturated carbocycles. The molecular weight excluding hydrogens is 324 g/mol. The van der Waals surface area contributed by atoms with E-state index in [1.54, 1.807) is 13.1 Å². The van der Waals surface area contributed by atoms with Crippen molar-refractivity contribution >= 4 is 32.8 Å². The largest absolute Gasteiger partial charge is 0.423 e. The van der Waals surface area contributed by atoms with Crippen LogP contribution in [-0.4, -0.2) is 31.4 Å². The van der Waals surface area contributed by atoms with Crippen LogP contribution < -0.4 is 10.9 Å². The van der Waals surface area contributed by atoms with Gasteiger partial charge in [-0.2, -0.15) is 0 Å². The highest BCUT2D eigenvalue weighted by molar-refractivity contribution is 9.10. The SMILES string of the molecule is CNC(=O)CN(C)Cc1cc(=O)oc2cc(Br)ccc12. The Bertz CT molecular complexity index is 696. The van der Waals surface area contributed by atoms with Crippen molar-refractivity contribution in [2.75, 3.05) is 20.6 Å². The monoisotopic (exact) mass is 338 g/mol. The molecular formula is C14H15BrN2O3. The van der Waals surface area contributed by atoms with Crippen molar-refractivity contribution in [3.8, 4) is 0 Å². The molecule has 0 atom stereocenters. The summed E-state index contributed by atoms with van der Waals surface area (Å²) in [5, 5.41) is 3.44. The van der Waals surface area contributed by atoms with Gasteiger partial charge in [0.2, 0.25) is 5.91 Å². The van der Waals surface area contributed by atoms with Crippen LogP contribution >= 0.6 is 15.9 Å². The van der Waals surface area contributed by atoms with Crippen LogP contribution in [0.25, 0.3) is 11.0 Å². The van der Waals surface area contributed by atoms with Gasteiger partial charge in [0, 0.05) is 29.5 Å². The van der Waals surface area contributed by atoms with E-state index in [0.717, 1.165) is 15.4 Å². The Morgan fingerprint density at radius 3 is 2.85 bits per heavy atom. The van der Waals surface area contributed by atoms with Crippen LogP contribution in [0.1, 0.15) is 5.56 Å². The standard InChI is InChI=1S/C14H15BrN2O3/c1-16-13(18)8-17(2)7-9-5-14(19)20-12-6-10(15)3-4-11(9)12/h3-6H,7-8H2,1-2H3,(H,16,18). The van der Waals surface area contributed by atoms with Crippen molar-refractivity contribution < 1.29 is 9.21 Å². The van der Waals surface area contributed by atoms with Crippen LogP contribution in [0.15, 0.2) is 37.9 Å². The lowest BCUT2D eigenvalue weighted by atomic mass is 10.1. The number of fused-ring (bicyclic) bond motifs is 1. The van der Waals surface area contributed by atoms with Gasteiger partial charge in [-0.1, -0.05) is 15.9 Å². The third-order valence-electron chi connectivity index (χ3n) is 2.92. The maximum absolute atomic E-state index is 11.6. The molecule has 0 unspecified atom stereocenters. The summed E-state index contributed by atoms with van der Waals surface area (Å²) in [6, 6.07) is 7.02. The Balaban J connectivity index is 2.34. The molecule has 0 radical (unpaired) electrons. The number of nitrogens with one attached hydrogen (secondary N) is 1. The topological polar surface area (TPSA) is 62.6 Å². The third-order valence-corrected chi connectivity index (χ3v) is 3.42. The maximum Gasteiger partial charge on any atom is 0.336 e. The quantitative estimate of drug-likeness (QED) is 0.862. The number of carbonyl (C=O) groups is 1. The normalized spacial score (nSPS) is 11.0. The van der Waals surface area contributed by atoms with Crippen LogP contribution in [0.4, 0.5) is 0 Å². The molecule has 0 spiro atoms. The number of likely N-dealkylation sites (N-methyl/N-ethyl adjacent to an activating group) is 2. The number of halogens is 1. The van der Waals surface area contributed by atoms with E-state index >= 15 is 0 Å². The Morgan fingerprint density at radius 1 is 1.40 bits per heavy atom. The van der Waals surface area contributed by atoms with E-state index in [1.165, 1.54) is 6.07 Å². The van der Waals surface area contributed by atoms with Crippen LogP contribution in [-0.2, 0) is 11.3 Å². The van der Waals surface area contributed by atoms with E-state index in [2.05, 4.69) is 21.2 Å². The average Bonchev–Trinajstić information content (AvgIpc) is 2.37. The zero-order chi connectivity index (χ0) is 14.7. The van der Waals surface area contributed by atoms with Crippen LogP contribution in [0.2, 0.25) is 0 Å². The molecule has 20 heavy (non-hydrogen) atoms. The first kappa shape index (κ1) is 14.7. The van der Waals surface area contributed by atoms with E-state index in [0.29, 0.717) is 12.1 Å². The molecule has 5 nitrogen and oxygen atoms in total. The lowest BCUT2D eigenvalue weighted by Crippen LogP contribution is -2.32. The molecule has 2 rings (SSSR count). The van der Waals surface area contributed by atoms with Gasteiger partial charge < -0.3 is 9.73 Å². The number of hydrogen-bond acceptors (Lipinski definition) is 4. The molecule has 106 valence electrons. The fraction of sp³-hybridized carbons (Fsp3) is 0.286. The average molecular weight is 339 g/mol. The van der Waals surface area contributed by atoms with Crippen LogP contribution in [0, 0.1) is 0 Å². The highest BCUT2D eigenvalue weighted by atomic mass is 79.9. The molecule has 0 aliphatic rings. The second-order valence-corrected chi connectivity index (χ2v) is 5.49. The van der Waals surface area contributed by atoms with E-state index in [1.807, 2.05) is 24.1 Å². The minimum absolute atomic E-state index is 0.0671. The van der Waals surface area contributed by atoms with Gasteiger partial charge in [-0.15, -0.1) is 0 Å². The molecule has 0 bridgehead atoms. The molecule has 1 aromatic carbocycles. The molecule has 2 aromatic rings. The molecule has 6 heteroatoms. The number of amides is 1. The van der Waals surface area contributed by atoms with Crippen molar-refractivity contribution in [2.24, 2.45) is 0 Å². The number of rotatable bonds is 4. The van der Waals surface area contributed by atoms with Crippen molar-refractivity contribution in [3.63, 3.8) is 0 Å². The lowest BCUT2D eigenvalue weighted by Gasteiger charge is -2.16. The Labute approximate surface area is 124 Å². The number of benzene rings is 1. The van der Waals surface area contributed by atoms with Crippen molar-refractivity contribution in [2.45, 2.75) is 6.54 Å². The predicted octanol–water partition coefficient (Wildman–Crippen LogP) is 1.73. The molecule has 0 aliphatic heterocycles. The van der Waals surface area contributed by atoms with E-state index in [9.17, 15) is 9.59 Å². The summed E-state index contributed by atoms with van der Waals surface area (Å²) in [5.41, 5.74) is 0.990. The van der Waals surface area contributed by atoms with Crippen molar-refractivity contribution in [1.82, 2.24) is 10.2 Å². The van der Waals surface area contributed by atoms with Crippen LogP contribution in [0.5, 0.6) is 0 Å². The second-order valence-electron chi connectivity index (χ2n) is 4.58. The third kappa shape index (κ3) is 3.46. The van der Waals surface area contributed by atoms with Crippen molar-refractivity contribution in [1.29, 1.82) is 0 Å². The van der Waals surface area contributed by atoms with Gasteiger partial charge in [0.05, 0.1) is 6.54 Å². The highest BCUT2D eigenvalue weighted by Crippen LogP contribution is 2.22. The zero-order valence-electron chi connectivity index (χ0n) is 11.3. The van der Waals surface area contributed by atoms with Gasteiger partial charge in [0.1, 0.15) is 5.58 Å². The Morgan fingerprint density at radius 2 is 2.15 bits per heavy atom. The van der Waals surface area contributed by atoms with Gasteiger partial charge in [-0.3, -0.25) is 9.69 Å². The molecule has 1 N–H and O–H groups in total. The highest BCUT2D eigenvalue weighted by Gasteiger charge is 2.10.